The van der Waals surface area contributed by atoms with Gasteiger partial charge in [-0.05, 0) is 48.4 Å². The molecular weight excluding hydrogens is 296 g/mol. The molecule has 2 rings (SSSR count). The van der Waals surface area contributed by atoms with Crippen LogP contribution in [0.4, 0.5) is 5.69 Å². The van der Waals surface area contributed by atoms with Crippen LogP contribution in [0.25, 0.3) is 0 Å². The fourth-order valence-corrected chi connectivity index (χ4v) is 2.43. The standard InChI is InChI=1S/C14H15ClN2O2S/c1-10-2-3-11(8-14(10)15)9-17-12-4-6-13(7-5-12)20(16,18)19/h2-8,17H,9H2,1H3,(H2,16,18,19). The predicted molar refractivity (Wildman–Crippen MR) is 81.3 cm³/mol. The zero-order valence-corrected chi connectivity index (χ0v) is 12.5. The van der Waals surface area contributed by atoms with Gasteiger partial charge in [0.1, 0.15) is 0 Å². The van der Waals surface area contributed by atoms with E-state index in [0.717, 1.165) is 21.8 Å². The lowest BCUT2D eigenvalue weighted by Crippen LogP contribution is -2.12. The van der Waals surface area contributed by atoms with Crippen molar-refractivity contribution in [2.45, 2.75) is 18.4 Å². The van der Waals surface area contributed by atoms with Gasteiger partial charge in [0.25, 0.3) is 0 Å². The summed E-state index contributed by atoms with van der Waals surface area (Å²) in [6.45, 7) is 2.56. The van der Waals surface area contributed by atoms with Crippen molar-refractivity contribution in [3.63, 3.8) is 0 Å². The molecule has 0 aliphatic heterocycles. The minimum Gasteiger partial charge on any atom is -0.381 e. The molecular formula is C14H15ClN2O2S. The molecule has 0 amide bonds. The van der Waals surface area contributed by atoms with Crippen LogP contribution in [0.1, 0.15) is 11.1 Å². The monoisotopic (exact) mass is 310 g/mol. The molecule has 106 valence electrons. The molecule has 0 aromatic heterocycles. The molecule has 6 heteroatoms. The Bertz CT molecular complexity index is 712. The summed E-state index contributed by atoms with van der Waals surface area (Å²) in [6.07, 6.45) is 0. The number of nitrogens with one attached hydrogen (secondary N) is 1. The van der Waals surface area contributed by atoms with Gasteiger partial charge in [0, 0.05) is 17.3 Å². The average Bonchev–Trinajstić information content (AvgIpc) is 2.40. The first-order chi connectivity index (χ1) is 9.36. The number of anilines is 1. The van der Waals surface area contributed by atoms with Crippen molar-refractivity contribution in [1.29, 1.82) is 0 Å². The number of nitrogens with two attached hydrogens (primary N) is 1. The summed E-state index contributed by atoms with van der Waals surface area (Å²) in [5, 5.41) is 8.96. The lowest BCUT2D eigenvalue weighted by Gasteiger charge is -2.08. The first-order valence-electron chi connectivity index (χ1n) is 5.98. The molecule has 4 nitrogen and oxygen atoms in total. The van der Waals surface area contributed by atoms with Gasteiger partial charge < -0.3 is 5.32 Å². The third-order valence-electron chi connectivity index (χ3n) is 2.92. The maximum atomic E-state index is 11.1. The average molecular weight is 311 g/mol. The minimum atomic E-state index is -3.64. The molecule has 0 saturated heterocycles. The fourth-order valence-electron chi connectivity index (χ4n) is 1.71. The van der Waals surface area contributed by atoms with Crippen LogP contribution >= 0.6 is 11.6 Å². The van der Waals surface area contributed by atoms with Crippen LogP contribution in [0.2, 0.25) is 5.02 Å². The highest BCUT2D eigenvalue weighted by Crippen LogP contribution is 2.18. The number of halogens is 1. The molecule has 0 radical (unpaired) electrons. The number of hydrogen-bond acceptors (Lipinski definition) is 3. The van der Waals surface area contributed by atoms with E-state index in [4.69, 9.17) is 16.7 Å². The molecule has 3 N–H and O–H groups in total. The zero-order valence-electron chi connectivity index (χ0n) is 10.9. The van der Waals surface area contributed by atoms with Gasteiger partial charge in [0.15, 0.2) is 0 Å². The Morgan fingerprint density at radius 2 is 1.80 bits per heavy atom. The van der Waals surface area contributed by atoms with Crippen LogP contribution in [0.15, 0.2) is 47.4 Å². The second-order valence-electron chi connectivity index (χ2n) is 4.51. The Hall–Kier alpha value is -1.56. The van der Waals surface area contributed by atoms with E-state index < -0.39 is 10.0 Å². The van der Waals surface area contributed by atoms with E-state index in [1.165, 1.54) is 12.1 Å². The van der Waals surface area contributed by atoms with Crippen molar-refractivity contribution < 1.29 is 8.42 Å². The van der Waals surface area contributed by atoms with Gasteiger partial charge in [-0.3, -0.25) is 0 Å². The Morgan fingerprint density at radius 3 is 2.35 bits per heavy atom. The lowest BCUT2D eigenvalue weighted by molar-refractivity contribution is 0.598. The molecule has 0 aliphatic carbocycles. The third-order valence-corrected chi connectivity index (χ3v) is 4.25. The predicted octanol–water partition coefficient (Wildman–Crippen LogP) is 2.91. The third kappa shape index (κ3) is 3.72. The molecule has 0 bridgehead atoms. The van der Waals surface area contributed by atoms with E-state index >= 15 is 0 Å². The fraction of sp³-hybridized carbons (Fsp3) is 0.143. The van der Waals surface area contributed by atoms with Gasteiger partial charge in [-0.25, -0.2) is 13.6 Å². The Kier molecular flexibility index (Phi) is 4.32. The maximum Gasteiger partial charge on any atom is 0.238 e. The van der Waals surface area contributed by atoms with Crippen LogP contribution < -0.4 is 10.5 Å². The van der Waals surface area contributed by atoms with Crippen molar-refractivity contribution in [3.05, 3.63) is 58.6 Å². The summed E-state index contributed by atoms with van der Waals surface area (Å²) >= 11 is 6.06. The molecule has 0 saturated carbocycles. The number of benzene rings is 2. The van der Waals surface area contributed by atoms with E-state index in [1.807, 2.05) is 25.1 Å². The summed E-state index contributed by atoms with van der Waals surface area (Å²) in [5.41, 5.74) is 2.90. The van der Waals surface area contributed by atoms with Gasteiger partial charge in [-0.15, -0.1) is 0 Å². The van der Waals surface area contributed by atoms with Crippen LogP contribution in [0.3, 0.4) is 0 Å². The van der Waals surface area contributed by atoms with Crippen molar-refractivity contribution >= 4 is 27.3 Å². The van der Waals surface area contributed by atoms with Gasteiger partial charge in [0.05, 0.1) is 4.90 Å². The van der Waals surface area contributed by atoms with E-state index in [-0.39, 0.29) is 4.90 Å². The molecule has 0 unspecified atom stereocenters. The largest absolute Gasteiger partial charge is 0.381 e. The molecule has 2 aromatic carbocycles. The van der Waals surface area contributed by atoms with Gasteiger partial charge in [-0.2, -0.15) is 0 Å². The Labute approximate surface area is 123 Å². The minimum absolute atomic E-state index is 0.0985. The van der Waals surface area contributed by atoms with Gasteiger partial charge in [0.2, 0.25) is 10.0 Å². The summed E-state index contributed by atoms with van der Waals surface area (Å²) in [6, 6.07) is 12.2. The summed E-state index contributed by atoms with van der Waals surface area (Å²) in [5.74, 6) is 0. The van der Waals surface area contributed by atoms with E-state index in [2.05, 4.69) is 5.32 Å². The summed E-state index contributed by atoms with van der Waals surface area (Å²) in [4.78, 5) is 0.0985. The molecule has 0 heterocycles. The smallest absolute Gasteiger partial charge is 0.238 e. The highest BCUT2D eigenvalue weighted by Gasteiger charge is 2.06. The van der Waals surface area contributed by atoms with E-state index in [9.17, 15) is 8.42 Å². The van der Waals surface area contributed by atoms with E-state index in [0.29, 0.717) is 6.54 Å². The van der Waals surface area contributed by atoms with Crippen molar-refractivity contribution in [2.75, 3.05) is 5.32 Å². The zero-order chi connectivity index (χ0) is 14.8. The summed E-state index contributed by atoms with van der Waals surface area (Å²) in [7, 11) is -3.64. The van der Waals surface area contributed by atoms with Crippen LogP contribution in [0.5, 0.6) is 0 Å². The second-order valence-corrected chi connectivity index (χ2v) is 6.48. The van der Waals surface area contributed by atoms with Gasteiger partial charge in [-0.1, -0.05) is 23.7 Å². The van der Waals surface area contributed by atoms with Crippen LogP contribution in [0, 0.1) is 6.92 Å². The quantitative estimate of drug-likeness (QED) is 0.912. The Balaban J connectivity index is 2.06. The molecule has 20 heavy (non-hydrogen) atoms. The molecule has 0 spiro atoms. The van der Waals surface area contributed by atoms with Crippen LogP contribution in [-0.4, -0.2) is 8.42 Å². The SMILES string of the molecule is Cc1ccc(CNc2ccc(S(N)(=O)=O)cc2)cc1Cl. The highest BCUT2D eigenvalue weighted by atomic mass is 35.5. The molecule has 2 aromatic rings. The number of primary sulfonamides is 1. The number of hydrogen-bond donors (Lipinski definition) is 2. The molecule has 0 atom stereocenters. The second kappa shape index (κ2) is 5.83. The number of rotatable bonds is 4. The summed E-state index contributed by atoms with van der Waals surface area (Å²) < 4.78 is 22.3. The molecule has 0 aliphatic rings. The lowest BCUT2D eigenvalue weighted by atomic mass is 10.1. The normalized spacial score (nSPS) is 11.3. The number of sulfonamides is 1. The number of aryl methyl sites for hydroxylation is 1. The van der Waals surface area contributed by atoms with E-state index in [1.54, 1.807) is 12.1 Å². The van der Waals surface area contributed by atoms with Crippen molar-refractivity contribution in [2.24, 2.45) is 5.14 Å². The van der Waals surface area contributed by atoms with Crippen molar-refractivity contribution in [1.82, 2.24) is 0 Å². The maximum absolute atomic E-state index is 11.1. The Morgan fingerprint density at radius 1 is 1.15 bits per heavy atom. The van der Waals surface area contributed by atoms with Gasteiger partial charge >= 0.3 is 0 Å². The highest BCUT2D eigenvalue weighted by molar-refractivity contribution is 7.89. The van der Waals surface area contributed by atoms with Crippen molar-refractivity contribution in [3.8, 4) is 0 Å². The molecule has 0 fully saturated rings. The van der Waals surface area contributed by atoms with Crippen LogP contribution in [-0.2, 0) is 16.6 Å². The first-order valence-corrected chi connectivity index (χ1v) is 7.90. The first kappa shape index (κ1) is 14.8. The topological polar surface area (TPSA) is 72.2 Å².